The minimum absolute atomic E-state index is 0.0383. The second kappa shape index (κ2) is 15.4. The lowest BCUT2D eigenvalue weighted by atomic mass is 10.1. The lowest BCUT2D eigenvalue weighted by molar-refractivity contribution is -0.128. The number of alkyl carbamates (subject to hydrolysis) is 1. The number of anilines is 1. The van der Waals surface area contributed by atoms with Crippen LogP contribution < -0.4 is 38.4 Å². The topological polar surface area (TPSA) is 220 Å². The zero-order valence-electron chi connectivity index (χ0n) is 23.0. The van der Waals surface area contributed by atoms with Gasteiger partial charge in [0.1, 0.15) is 24.8 Å². The van der Waals surface area contributed by atoms with E-state index >= 15 is 0 Å². The summed E-state index contributed by atoms with van der Waals surface area (Å²) in [5.74, 6) is -1.93. The molecule has 2 aromatic carbocycles. The Labute approximate surface area is 240 Å². The number of guanidine groups is 1. The summed E-state index contributed by atoms with van der Waals surface area (Å²) in [6.07, 6.45) is -0.249. The van der Waals surface area contributed by atoms with Crippen molar-refractivity contribution in [3.8, 4) is 0 Å². The normalized spacial score (nSPS) is 11.2. The molecule has 4 amide bonds. The number of hydrogen-bond acceptors (Lipinski definition) is 8. The first-order chi connectivity index (χ1) is 20.1. The van der Waals surface area contributed by atoms with E-state index in [4.69, 9.17) is 20.6 Å². The van der Waals surface area contributed by atoms with E-state index in [1.54, 1.807) is 43.3 Å². The van der Waals surface area contributed by atoms with Gasteiger partial charge < -0.3 is 41.9 Å². The van der Waals surface area contributed by atoms with Crippen LogP contribution in [0.5, 0.6) is 0 Å². The highest BCUT2D eigenvalue weighted by Gasteiger charge is 2.21. The van der Waals surface area contributed by atoms with Crippen molar-refractivity contribution in [1.82, 2.24) is 16.0 Å². The number of nitrogens with one attached hydrogen (secondary N) is 4. The molecule has 222 valence electrons. The third kappa shape index (κ3) is 10.3. The molecule has 0 aliphatic heterocycles. The van der Waals surface area contributed by atoms with E-state index in [0.717, 1.165) is 11.1 Å². The number of nitrogens with zero attached hydrogens (tertiary/aromatic N) is 1. The Bertz CT molecular complexity index is 1500. The van der Waals surface area contributed by atoms with Gasteiger partial charge in [0.05, 0.1) is 6.54 Å². The van der Waals surface area contributed by atoms with Crippen LogP contribution in [0.1, 0.15) is 24.0 Å². The molecule has 8 N–H and O–H groups in total. The number of hydrogen-bond donors (Lipinski definition) is 6. The first kappa shape index (κ1) is 31.1. The average Bonchev–Trinajstić information content (AvgIpc) is 2.95. The van der Waals surface area contributed by atoms with Crippen molar-refractivity contribution in [2.75, 3.05) is 25.0 Å². The maximum absolute atomic E-state index is 13.1. The molecular formula is C28H33N7O7. The van der Waals surface area contributed by atoms with Crippen LogP contribution in [0.2, 0.25) is 0 Å². The molecule has 1 heterocycles. The maximum Gasteiger partial charge on any atom is 0.407 e. The molecule has 14 heteroatoms. The number of fused-ring (bicyclic) bond motifs is 1. The Morgan fingerprint density at radius 1 is 0.976 bits per heavy atom. The summed E-state index contributed by atoms with van der Waals surface area (Å²) in [7, 11) is 0. The molecule has 1 atom stereocenters. The zero-order valence-corrected chi connectivity index (χ0v) is 23.0. The monoisotopic (exact) mass is 579 g/mol. The molecule has 0 unspecified atom stereocenters. The van der Waals surface area contributed by atoms with Gasteiger partial charge in [-0.25, -0.2) is 9.59 Å². The predicted octanol–water partition coefficient (Wildman–Crippen LogP) is 0.621. The number of aryl methyl sites for hydroxylation is 1. The quantitative estimate of drug-likeness (QED) is 0.0722. The van der Waals surface area contributed by atoms with Gasteiger partial charge in [-0.3, -0.25) is 19.4 Å². The molecule has 0 aliphatic rings. The summed E-state index contributed by atoms with van der Waals surface area (Å²) in [6.45, 7) is 1.17. The van der Waals surface area contributed by atoms with Crippen LogP contribution >= 0.6 is 0 Å². The Morgan fingerprint density at radius 3 is 2.45 bits per heavy atom. The smallest absolute Gasteiger partial charge is 0.407 e. The van der Waals surface area contributed by atoms with Crippen LogP contribution in [0.15, 0.2) is 68.8 Å². The van der Waals surface area contributed by atoms with Gasteiger partial charge in [-0.15, -0.1) is 0 Å². The SMILES string of the molecule is Cc1cc(=O)oc2cc(NC(=O)[C@H](CCCN=C(N)N)NC(=O)CNC(=O)CNC(=O)OCc3ccccc3)ccc12. The predicted molar refractivity (Wildman–Crippen MR) is 155 cm³/mol. The van der Waals surface area contributed by atoms with E-state index in [1.807, 2.05) is 6.07 Å². The van der Waals surface area contributed by atoms with Crippen molar-refractivity contribution in [2.24, 2.45) is 16.5 Å². The molecule has 0 saturated carbocycles. The first-order valence-corrected chi connectivity index (χ1v) is 13.0. The summed E-state index contributed by atoms with van der Waals surface area (Å²) < 4.78 is 10.3. The highest BCUT2D eigenvalue weighted by molar-refractivity contribution is 5.99. The highest BCUT2D eigenvalue weighted by atomic mass is 16.5. The molecule has 0 bridgehead atoms. The van der Waals surface area contributed by atoms with Gasteiger partial charge in [0.25, 0.3) is 0 Å². The number of amides is 4. The second-order valence-corrected chi connectivity index (χ2v) is 9.21. The number of ether oxygens (including phenoxy) is 1. The molecule has 0 fully saturated rings. The van der Waals surface area contributed by atoms with Crippen molar-refractivity contribution >= 4 is 46.4 Å². The summed E-state index contributed by atoms with van der Waals surface area (Å²) in [4.78, 5) is 65.2. The summed E-state index contributed by atoms with van der Waals surface area (Å²) in [5.41, 5.74) is 12.3. The summed E-state index contributed by atoms with van der Waals surface area (Å²) >= 11 is 0. The van der Waals surface area contributed by atoms with E-state index in [0.29, 0.717) is 23.1 Å². The van der Waals surface area contributed by atoms with Gasteiger partial charge in [-0.2, -0.15) is 0 Å². The van der Waals surface area contributed by atoms with Gasteiger partial charge >= 0.3 is 11.7 Å². The van der Waals surface area contributed by atoms with E-state index in [9.17, 15) is 24.0 Å². The molecule has 3 aromatic rings. The molecule has 3 rings (SSSR count). The number of carbonyl (C=O) groups excluding carboxylic acids is 4. The third-order valence-electron chi connectivity index (χ3n) is 5.87. The Hall–Kier alpha value is -5.40. The summed E-state index contributed by atoms with van der Waals surface area (Å²) in [5, 5.41) is 10.7. The molecule has 1 aromatic heterocycles. The van der Waals surface area contributed by atoms with Crippen molar-refractivity contribution in [3.63, 3.8) is 0 Å². The fourth-order valence-corrected chi connectivity index (χ4v) is 3.82. The average molecular weight is 580 g/mol. The van der Waals surface area contributed by atoms with Crippen LogP contribution in [0.3, 0.4) is 0 Å². The molecular weight excluding hydrogens is 546 g/mol. The minimum Gasteiger partial charge on any atom is -0.445 e. The number of aliphatic imine (C=N–C) groups is 1. The molecule has 42 heavy (non-hydrogen) atoms. The third-order valence-corrected chi connectivity index (χ3v) is 5.87. The molecule has 14 nitrogen and oxygen atoms in total. The largest absolute Gasteiger partial charge is 0.445 e. The van der Waals surface area contributed by atoms with Gasteiger partial charge in [-0.1, -0.05) is 30.3 Å². The van der Waals surface area contributed by atoms with E-state index < -0.39 is 48.6 Å². The standard InChI is InChI=1S/C28H33N7O7/c1-17-12-25(38)42-22-13-19(9-10-20(17)22)34-26(39)21(8-5-11-31-27(29)30)35-24(37)15-32-23(36)14-33-28(40)41-16-18-6-3-2-4-7-18/h2-4,6-7,9-10,12-13,21H,5,8,11,14-16H2,1H3,(H,32,36)(H,33,40)(H,34,39)(H,35,37)(H4,29,30,31)/t21-/m0/s1. The summed E-state index contributed by atoms with van der Waals surface area (Å²) in [6, 6.07) is 14.2. The van der Waals surface area contributed by atoms with Gasteiger partial charge in [-0.05, 0) is 43.0 Å². The van der Waals surface area contributed by atoms with Crippen molar-refractivity contribution < 1.29 is 28.3 Å². The maximum atomic E-state index is 13.1. The van der Waals surface area contributed by atoms with E-state index in [1.165, 1.54) is 12.1 Å². The molecule has 0 radical (unpaired) electrons. The van der Waals surface area contributed by atoms with Crippen molar-refractivity contribution in [3.05, 3.63) is 76.1 Å². The minimum atomic E-state index is -1.00. The lowest BCUT2D eigenvalue weighted by Gasteiger charge is -2.19. The van der Waals surface area contributed by atoms with Crippen molar-refractivity contribution in [1.29, 1.82) is 0 Å². The molecule has 0 spiro atoms. The van der Waals surface area contributed by atoms with Crippen LogP contribution in [0.25, 0.3) is 11.0 Å². The zero-order chi connectivity index (χ0) is 30.5. The van der Waals surface area contributed by atoms with Gasteiger partial charge in [0.15, 0.2) is 5.96 Å². The molecule has 0 aliphatic carbocycles. The Balaban J connectivity index is 1.52. The fraction of sp³-hybridized carbons (Fsp3) is 0.286. The van der Waals surface area contributed by atoms with Crippen molar-refractivity contribution in [2.45, 2.75) is 32.4 Å². The number of benzene rings is 2. The second-order valence-electron chi connectivity index (χ2n) is 9.21. The Kier molecular flexibility index (Phi) is 11.4. The van der Waals surface area contributed by atoms with Crippen LogP contribution in [-0.2, 0) is 25.7 Å². The number of carbonyl (C=O) groups is 4. The van der Waals surface area contributed by atoms with Crippen LogP contribution in [-0.4, -0.2) is 55.5 Å². The van der Waals surface area contributed by atoms with Crippen LogP contribution in [0, 0.1) is 6.92 Å². The van der Waals surface area contributed by atoms with Crippen LogP contribution in [0.4, 0.5) is 10.5 Å². The number of nitrogens with two attached hydrogens (primary N) is 2. The van der Waals surface area contributed by atoms with E-state index in [2.05, 4.69) is 26.3 Å². The van der Waals surface area contributed by atoms with Gasteiger partial charge in [0, 0.05) is 29.8 Å². The van der Waals surface area contributed by atoms with Gasteiger partial charge in [0.2, 0.25) is 17.7 Å². The molecule has 0 saturated heterocycles. The highest BCUT2D eigenvalue weighted by Crippen LogP contribution is 2.21. The Morgan fingerprint density at radius 2 is 1.71 bits per heavy atom. The first-order valence-electron chi connectivity index (χ1n) is 13.0. The number of rotatable bonds is 13. The van der Waals surface area contributed by atoms with E-state index in [-0.39, 0.29) is 25.5 Å². The fourth-order valence-electron chi connectivity index (χ4n) is 3.82. The lowest BCUT2D eigenvalue weighted by Crippen LogP contribution is -2.48.